The van der Waals surface area contributed by atoms with E-state index in [4.69, 9.17) is 9.47 Å². The predicted octanol–water partition coefficient (Wildman–Crippen LogP) is -0.236. The Bertz CT molecular complexity index is 681. The largest absolute Gasteiger partial charge is 0.480 e. The van der Waals surface area contributed by atoms with Crippen LogP contribution in [0.5, 0.6) is 5.75 Å². The SMILES string of the molecule is Cc1nn(C)c(C)c1OCC(=O)N[C@H]1COC[C@H]1n1ccnn1. The summed E-state index contributed by atoms with van der Waals surface area (Å²) >= 11 is 0. The van der Waals surface area contributed by atoms with E-state index in [2.05, 4.69) is 20.7 Å². The normalized spacial score (nSPS) is 20.7. The average Bonchev–Trinajstić information content (AvgIpc) is 3.21. The van der Waals surface area contributed by atoms with Crippen molar-refractivity contribution in [2.24, 2.45) is 7.05 Å². The molecule has 1 aliphatic heterocycles. The Kier molecular flexibility index (Phi) is 4.28. The lowest BCUT2D eigenvalue weighted by atomic mass is 10.2. The molecule has 1 N–H and O–H groups in total. The number of ether oxygens (including phenoxy) is 2. The highest BCUT2D eigenvalue weighted by Gasteiger charge is 2.31. The highest BCUT2D eigenvalue weighted by atomic mass is 16.5. The Labute approximate surface area is 133 Å². The highest BCUT2D eigenvalue weighted by molar-refractivity contribution is 5.78. The number of nitrogens with zero attached hydrogens (tertiary/aromatic N) is 5. The molecule has 1 saturated heterocycles. The molecule has 0 radical (unpaired) electrons. The molecule has 0 aromatic carbocycles. The topological polar surface area (TPSA) is 96.1 Å². The maximum absolute atomic E-state index is 12.2. The van der Waals surface area contributed by atoms with Gasteiger partial charge in [-0.05, 0) is 13.8 Å². The van der Waals surface area contributed by atoms with Gasteiger partial charge >= 0.3 is 0 Å². The Balaban J connectivity index is 1.57. The van der Waals surface area contributed by atoms with E-state index in [-0.39, 0.29) is 24.6 Å². The molecule has 0 saturated carbocycles. The van der Waals surface area contributed by atoms with Gasteiger partial charge in [-0.1, -0.05) is 5.21 Å². The first kappa shape index (κ1) is 15.5. The molecule has 124 valence electrons. The van der Waals surface area contributed by atoms with Crippen LogP contribution in [0.15, 0.2) is 12.4 Å². The fourth-order valence-corrected chi connectivity index (χ4v) is 2.69. The van der Waals surface area contributed by atoms with Gasteiger partial charge in [0.2, 0.25) is 0 Å². The lowest BCUT2D eigenvalue weighted by Crippen LogP contribution is -2.43. The fraction of sp³-hybridized carbons (Fsp3) is 0.571. The van der Waals surface area contributed by atoms with Gasteiger partial charge < -0.3 is 14.8 Å². The summed E-state index contributed by atoms with van der Waals surface area (Å²) < 4.78 is 14.5. The maximum atomic E-state index is 12.2. The van der Waals surface area contributed by atoms with Gasteiger partial charge in [0.1, 0.15) is 5.69 Å². The van der Waals surface area contributed by atoms with Crippen LogP contribution in [0.4, 0.5) is 0 Å². The van der Waals surface area contributed by atoms with Gasteiger partial charge in [-0.15, -0.1) is 5.10 Å². The minimum atomic E-state index is -0.201. The van der Waals surface area contributed by atoms with Crippen molar-refractivity contribution in [1.82, 2.24) is 30.1 Å². The van der Waals surface area contributed by atoms with Gasteiger partial charge in [-0.25, -0.2) is 4.68 Å². The molecule has 3 heterocycles. The third-order valence-electron chi connectivity index (χ3n) is 3.97. The summed E-state index contributed by atoms with van der Waals surface area (Å²) in [6.45, 7) is 4.63. The molecule has 0 bridgehead atoms. The Morgan fingerprint density at radius 1 is 1.48 bits per heavy atom. The number of rotatable bonds is 5. The molecule has 2 atom stereocenters. The summed E-state index contributed by atoms with van der Waals surface area (Å²) in [5.74, 6) is 0.450. The van der Waals surface area contributed by atoms with Crippen molar-refractivity contribution < 1.29 is 14.3 Å². The first-order chi connectivity index (χ1) is 11.1. The number of amides is 1. The lowest BCUT2D eigenvalue weighted by molar-refractivity contribution is -0.124. The molecular formula is C14H20N6O3. The van der Waals surface area contributed by atoms with Crippen LogP contribution in [0.3, 0.4) is 0 Å². The van der Waals surface area contributed by atoms with Gasteiger partial charge in [-0.3, -0.25) is 9.48 Å². The van der Waals surface area contributed by atoms with Crippen molar-refractivity contribution in [3.05, 3.63) is 23.8 Å². The second-order valence-corrected chi connectivity index (χ2v) is 5.57. The number of carbonyl (C=O) groups excluding carboxylic acids is 1. The third kappa shape index (κ3) is 3.19. The summed E-state index contributed by atoms with van der Waals surface area (Å²) in [7, 11) is 1.84. The zero-order chi connectivity index (χ0) is 16.4. The average molecular weight is 320 g/mol. The second kappa shape index (κ2) is 6.37. The molecule has 1 amide bonds. The van der Waals surface area contributed by atoms with Crippen molar-refractivity contribution >= 4 is 5.91 Å². The molecule has 9 heteroatoms. The molecule has 23 heavy (non-hydrogen) atoms. The lowest BCUT2D eigenvalue weighted by Gasteiger charge is -2.19. The van der Waals surface area contributed by atoms with E-state index in [0.29, 0.717) is 19.0 Å². The van der Waals surface area contributed by atoms with E-state index in [0.717, 1.165) is 11.4 Å². The van der Waals surface area contributed by atoms with Crippen molar-refractivity contribution in [2.75, 3.05) is 19.8 Å². The molecule has 3 rings (SSSR count). The van der Waals surface area contributed by atoms with Crippen LogP contribution in [0.2, 0.25) is 0 Å². The summed E-state index contributed by atoms with van der Waals surface area (Å²) in [5, 5.41) is 14.9. The Morgan fingerprint density at radius 2 is 2.30 bits per heavy atom. The van der Waals surface area contributed by atoms with Crippen LogP contribution < -0.4 is 10.1 Å². The third-order valence-corrected chi connectivity index (χ3v) is 3.97. The van der Waals surface area contributed by atoms with Crippen molar-refractivity contribution in [3.63, 3.8) is 0 Å². The highest BCUT2D eigenvalue weighted by Crippen LogP contribution is 2.21. The summed E-state index contributed by atoms with van der Waals surface area (Å²) in [6.07, 6.45) is 3.37. The standard InChI is InChI=1S/C14H20N6O3/c1-9-14(10(2)19(3)17-9)23-8-13(21)16-11-6-22-7-12(11)20-5-4-15-18-20/h4-5,11-12H,6-8H2,1-3H3,(H,16,21)/t11-,12+/m0/s1. The number of aromatic nitrogens is 5. The van der Waals surface area contributed by atoms with Gasteiger partial charge in [0.25, 0.3) is 5.91 Å². The zero-order valence-electron chi connectivity index (χ0n) is 13.4. The maximum Gasteiger partial charge on any atom is 0.258 e. The van der Waals surface area contributed by atoms with E-state index in [1.807, 2.05) is 20.9 Å². The molecule has 2 aromatic rings. The number of hydrogen-bond donors (Lipinski definition) is 1. The smallest absolute Gasteiger partial charge is 0.258 e. The quantitative estimate of drug-likeness (QED) is 0.817. The molecule has 2 aromatic heterocycles. The summed E-state index contributed by atoms with van der Waals surface area (Å²) in [4.78, 5) is 12.2. The number of nitrogens with one attached hydrogen (secondary N) is 1. The molecule has 0 aliphatic carbocycles. The van der Waals surface area contributed by atoms with E-state index >= 15 is 0 Å². The zero-order valence-corrected chi connectivity index (χ0v) is 13.4. The van der Waals surface area contributed by atoms with Crippen LogP contribution >= 0.6 is 0 Å². The van der Waals surface area contributed by atoms with Crippen molar-refractivity contribution in [1.29, 1.82) is 0 Å². The van der Waals surface area contributed by atoms with E-state index in [1.54, 1.807) is 21.8 Å². The van der Waals surface area contributed by atoms with E-state index in [9.17, 15) is 4.79 Å². The summed E-state index contributed by atoms with van der Waals surface area (Å²) in [5.41, 5.74) is 1.66. The number of carbonyl (C=O) groups is 1. The van der Waals surface area contributed by atoms with Crippen LogP contribution in [0.25, 0.3) is 0 Å². The molecule has 0 spiro atoms. The fourth-order valence-electron chi connectivity index (χ4n) is 2.69. The molecule has 1 fully saturated rings. The Morgan fingerprint density at radius 3 is 2.96 bits per heavy atom. The van der Waals surface area contributed by atoms with E-state index < -0.39 is 0 Å². The van der Waals surface area contributed by atoms with Gasteiger partial charge in [0.15, 0.2) is 12.4 Å². The predicted molar refractivity (Wildman–Crippen MR) is 80.0 cm³/mol. The Hall–Kier alpha value is -2.42. The van der Waals surface area contributed by atoms with E-state index in [1.165, 1.54) is 0 Å². The summed E-state index contributed by atoms with van der Waals surface area (Å²) in [6, 6.07) is -0.202. The second-order valence-electron chi connectivity index (χ2n) is 5.57. The van der Waals surface area contributed by atoms with Crippen LogP contribution in [0, 0.1) is 13.8 Å². The molecule has 1 aliphatic rings. The number of aryl methyl sites for hydroxylation is 2. The number of hydrogen-bond acceptors (Lipinski definition) is 6. The van der Waals surface area contributed by atoms with Crippen LogP contribution in [-0.4, -0.2) is 56.5 Å². The van der Waals surface area contributed by atoms with Crippen LogP contribution in [0.1, 0.15) is 17.4 Å². The monoisotopic (exact) mass is 320 g/mol. The minimum Gasteiger partial charge on any atom is -0.480 e. The van der Waals surface area contributed by atoms with Crippen LogP contribution in [-0.2, 0) is 16.6 Å². The first-order valence-corrected chi connectivity index (χ1v) is 7.42. The first-order valence-electron chi connectivity index (χ1n) is 7.42. The van der Waals surface area contributed by atoms with Gasteiger partial charge in [0.05, 0.1) is 37.2 Å². The minimum absolute atomic E-state index is 0.0525. The van der Waals surface area contributed by atoms with Crippen molar-refractivity contribution in [3.8, 4) is 5.75 Å². The molecule has 9 nitrogen and oxygen atoms in total. The molecule has 0 unspecified atom stereocenters. The molecular weight excluding hydrogens is 300 g/mol. The van der Waals surface area contributed by atoms with Gasteiger partial charge in [0, 0.05) is 13.2 Å². The van der Waals surface area contributed by atoms with Crippen molar-refractivity contribution in [2.45, 2.75) is 25.9 Å². The van der Waals surface area contributed by atoms with Gasteiger partial charge in [-0.2, -0.15) is 5.10 Å².